The highest BCUT2D eigenvalue weighted by molar-refractivity contribution is 6.21. The number of hydrogen-bond donors (Lipinski definition) is 0. The summed E-state index contributed by atoms with van der Waals surface area (Å²) >= 11 is 0. The summed E-state index contributed by atoms with van der Waals surface area (Å²) < 4.78 is 0. The molecule has 2 heterocycles. The van der Waals surface area contributed by atoms with Gasteiger partial charge < -0.3 is 4.84 Å². The highest BCUT2D eigenvalue weighted by Crippen LogP contribution is 2.23. The van der Waals surface area contributed by atoms with Crippen LogP contribution in [0.25, 0.3) is 0 Å². The predicted molar refractivity (Wildman–Crippen MR) is 93.3 cm³/mol. The molecule has 1 fully saturated rings. The quantitative estimate of drug-likeness (QED) is 0.793. The molecule has 2 amide bonds. The molecule has 0 saturated carbocycles. The molecule has 6 nitrogen and oxygen atoms in total. The van der Waals surface area contributed by atoms with Gasteiger partial charge in [-0.15, -0.1) is 0 Å². The van der Waals surface area contributed by atoms with Crippen molar-refractivity contribution in [1.29, 1.82) is 0 Å². The molecule has 0 aliphatic carbocycles. The number of carbonyl (C=O) groups excluding carboxylic acids is 3. The van der Waals surface area contributed by atoms with Crippen molar-refractivity contribution < 1.29 is 19.2 Å². The Hall–Kier alpha value is -2.99. The number of hydrogen-bond acceptors (Lipinski definition) is 5. The number of hydroxylamine groups is 2. The van der Waals surface area contributed by atoms with Crippen molar-refractivity contribution >= 4 is 17.8 Å². The van der Waals surface area contributed by atoms with Crippen molar-refractivity contribution in [3.63, 3.8) is 0 Å². The van der Waals surface area contributed by atoms with Crippen molar-refractivity contribution in [3.8, 4) is 0 Å². The fourth-order valence-corrected chi connectivity index (χ4v) is 3.38. The van der Waals surface area contributed by atoms with Crippen LogP contribution in [0, 0.1) is 0 Å². The van der Waals surface area contributed by atoms with Crippen LogP contribution in [0.5, 0.6) is 0 Å². The largest absolute Gasteiger partial charge is 0.363 e. The molecule has 2 aliphatic rings. The van der Waals surface area contributed by atoms with E-state index in [-0.39, 0.29) is 11.1 Å². The SMILES string of the molecule is O=C(ON1C(=O)c2ccccc2C1=O)c1cccc(CN2CCCC2)c1. The van der Waals surface area contributed by atoms with Gasteiger partial charge in [0.15, 0.2) is 0 Å². The van der Waals surface area contributed by atoms with Crippen molar-refractivity contribution in [2.24, 2.45) is 0 Å². The Morgan fingerprint density at radius 2 is 1.58 bits per heavy atom. The number of rotatable bonds is 4. The van der Waals surface area contributed by atoms with Crippen LogP contribution in [0.3, 0.4) is 0 Å². The molecule has 1 saturated heterocycles. The summed E-state index contributed by atoms with van der Waals surface area (Å²) in [5.41, 5.74) is 1.81. The van der Waals surface area contributed by atoms with Gasteiger partial charge in [-0.2, -0.15) is 0 Å². The van der Waals surface area contributed by atoms with Crippen LogP contribution in [0.2, 0.25) is 0 Å². The van der Waals surface area contributed by atoms with Gasteiger partial charge in [0, 0.05) is 6.54 Å². The average Bonchev–Trinajstić information content (AvgIpc) is 3.25. The summed E-state index contributed by atoms with van der Waals surface area (Å²) in [6, 6.07) is 13.5. The third-order valence-corrected chi connectivity index (χ3v) is 4.70. The van der Waals surface area contributed by atoms with Crippen LogP contribution < -0.4 is 0 Å². The first-order valence-electron chi connectivity index (χ1n) is 8.65. The van der Waals surface area contributed by atoms with Crippen LogP contribution in [-0.2, 0) is 11.4 Å². The molecule has 26 heavy (non-hydrogen) atoms. The maximum Gasteiger partial charge on any atom is 0.363 e. The zero-order valence-electron chi connectivity index (χ0n) is 14.2. The summed E-state index contributed by atoms with van der Waals surface area (Å²) in [6.45, 7) is 2.89. The third kappa shape index (κ3) is 2.99. The number of benzene rings is 2. The van der Waals surface area contributed by atoms with Gasteiger partial charge in [0.1, 0.15) is 0 Å². The molecule has 0 aromatic heterocycles. The Morgan fingerprint density at radius 1 is 0.923 bits per heavy atom. The van der Waals surface area contributed by atoms with Gasteiger partial charge in [0.05, 0.1) is 16.7 Å². The van der Waals surface area contributed by atoms with Gasteiger partial charge in [-0.3, -0.25) is 14.5 Å². The average molecular weight is 350 g/mol. The minimum absolute atomic E-state index is 0.244. The van der Waals surface area contributed by atoms with E-state index in [0.717, 1.165) is 25.2 Å². The Labute approximate surface area is 150 Å². The van der Waals surface area contributed by atoms with E-state index >= 15 is 0 Å². The van der Waals surface area contributed by atoms with Crippen LogP contribution in [0.15, 0.2) is 48.5 Å². The van der Waals surface area contributed by atoms with Gasteiger partial charge in [0.2, 0.25) is 0 Å². The Balaban J connectivity index is 1.49. The normalized spacial score (nSPS) is 16.8. The highest BCUT2D eigenvalue weighted by atomic mass is 16.7. The molecule has 0 atom stereocenters. The third-order valence-electron chi connectivity index (χ3n) is 4.70. The molecule has 2 aromatic rings. The number of amides is 2. The van der Waals surface area contributed by atoms with Crippen LogP contribution in [0.4, 0.5) is 0 Å². The molecule has 0 spiro atoms. The number of fused-ring (bicyclic) bond motifs is 1. The molecule has 0 radical (unpaired) electrons. The molecule has 0 bridgehead atoms. The lowest BCUT2D eigenvalue weighted by molar-refractivity contribution is -0.0584. The lowest BCUT2D eigenvalue weighted by atomic mass is 10.1. The zero-order valence-corrected chi connectivity index (χ0v) is 14.2. The second-order valence-electron chi connectivity index (χ2n) is 6.51. The minimum atomic E-state index is -0.720. The van der Waals surface area contributed by atoms with Crippen LogP contribution in [-0.4, -0.2) is 40.8 Å². The number of likely N-dealkylation sites (tertiary alicyclic amines) is 1. The Bertz CT molecular complexity index is 852. The van der Waals surface area contributed by atoms with E-state index in [1.165, 1.54) is 12.8 Å². The van der Waals surface area contributed by atoms with Gasteiger partial charge in [-0.25, -0.2) is 4.79 Å². The van der Waals surface area contributed by atoms with Gasteiger partial charge >= 0.3 is 5.97 Å². The predicted octanol–water partition coefficient (Wildman–Crippen LogP) is 2.65. The second kappa shape index (κ2) is 6.72. The summed E-state index contributed by atoms with van der Waals surface area (Å²) in [5.74, 6) is -1.96. The first-order chi connectivity index (χ1) is 12.6. The van der Waals surface area contributed by atoms with E-state index in [1.54, 1.807) is 42.5 Å². The lowest BCUT2D eigenvalue weighted by Crippen LogP contribution is -2.32. The van der Waals surface area contributed by atoms with Crippen molar-refractivity contribution in [2.45, 2.75) is 19.4 Å². The van der Waals surface area contributed by atoms with Crippen molar-refractivity contribution in [3.05, 3.63) is 70.8 Å². The van der Waals surface area contributed by atoms with Crippen LogP contribution in [0.1, 0.15) is 49.5 Å². The van der Waals surface area contributed by atoms with Gasteiger partial charge in [0.25, 0.3) is 11.8 Å². The van der Waals surface area contributed by atoms with E-state index < -0.39 is 17.8 Å². The smallest absolute Gasteiger partial charge is 0.324 e. The summed E-state index contributed by atoms with van der Waals surface area (Å²) in [7, 11) is 0. The number of nitrogens with zero attached hydrogens (tertiary/aromatic N) is 2. The topological polar surface area (TPSA) is 66.9 Å². The maximum atomic E-state index is 12.5. The minimum Gasteiger partial charge on any atom is -0.324 e. The van der Waals surface area contributed by atoms with Crippen molar-refractivity contribution in [1.82, 2.24) is 9.96 Å². The molecule has 2 aliphatic heterocycles. The Kier molecular flexibility index (Phi) is 4.26. The van der Waals surface area contributed by atoms with Gasteiger partial charge in [-0.05, 0) is 55.8 Å². The summed E-state index contributed by atoms with van der Waals surface area (Å²) in [4.78, 5) is 44.5. The molecule has 6 heteroatoms. The Morgan fingerprint density at radius 3 is 2.23 bits per heavy atom. The molecule has 4 rings (SSSR count). The van der Waals surface area contributed by atoms with Gasteiger partial charge in [-0.1, -0.05) is 29.3 Å². The molecule has 2 aromatic carbocycles. The van der Waals surface area contributed by atoms with E-state index in [4.69, 9.17) is 4.84 Å². The highest BCUT2D eigenvalue weighted by Gasteiger charge is 2.38. The second-order valence-corrected chi connectivity index (χ2v) is 6.51. The number of carbonyl (C=O) groups is 3. The van der Waals surface area contributed by atoms with E-state index in [9.17, 15) is 14.4 Å². The molecule has 0 unspecified atom stereocenters. The zero-order chi connectivity index (χ0) is 18.1. The first kappa shape index (κ1) is 16.5. The lowest BCUT2D eigenvalue weighted by Gasteiger charge is -2.16. The molecular weight excluding hydrogens is 332 g/mol. The van der Waals surface area contributed by atoms with E-state index in [2.05, 4.69) is 4.90 Å². The van der Waals surface area contributed by atoms with Crippen LogP contribution >= 0.6 is 0 Å². The molecule has 132 valence electrons. The fourth-order valence-electron chi connectivity index (χ4n) is 3.38. The van der Waals surface area contributed by atoms with E-state index in [1.807, 2.05) is 6.07 Å². The first-order valence-corrected chi connectivity index (χ1v) is 8.65. The van der Waals surface area contributed by atoms with Crippen molar-refractivity contribution in [2.75, 3.05) is 13.1 Å². The summed E-state index contributed by atoms with van der Waals surface area (Å²) in [5, 5.41) is 0.542. The standard InChI is InChI=1S/C20H18N2O4/c23-18-16-8-1-2-9-17(16)19(24)22(18)26-20(25)15-7-5-6-14(12-15)13-21-10-3-4-11-21/h1-2,5-9,12H,3-4,10-11,13H2. The summed E-state index contributed by atoms with van der Waals surface area (Å²) in [6.07, 6.45) is 2.39. The maximum absolute atomic E-state index is 12.5. The van der Waals surface area contributed by atoms with E-state index in [0.29, 0.717) is 10.6 Å². The molecular formula is C20H18N2O4. The number of imide groups is 1. The monoisotopic (exact) mass is 350 g/mol. The molecule has 0 N–H and O–H groups in total. The fraction of sp³-hybridized carbons (Fsp3) is 0.250.